The summed E-state index contributed by atoms with van der Waals surface area (Å²) in [6, 6.07) is -0.888. The number of hydrogen-bond acceptors (Lipinski definition) is 11. The van der Waals surface area contributed by atoms with Crippen molar-refractivity contribution in [3.8, 4) is 0 Å². The Labute approximate surface area is 241 Å². The molecule has 0 heterocycles. The number of phosphoric ester groups is 2. The van der Waals surface area contributed by atoms with E-state index in [2.05, 4.69) is 25.0 Å². The number of rotatable bonds is 24. The lowest BCUT2D eigenvalue weighted by atomic mass is 9.95. The van der Waals surface area contributed by atoms with Gasteiger partial charge in [-0.3, -0.25) is 32.5 Å². The molecule has 0 saturated heterocycles. The SMILES string of the molecule is COP(=O)(O)OCCOCCOCCOP(=O)(O)OCCCCCCNC(=O)[C@H](CNC(=O)C(C)(C)C)NC(C)=O. The number of amides is 3. The third-order valence-corrected chi connectivity index (χ3v) is 7.02. The van der Waals surface area contributed by atoms with Crippen molar-refractivity contribution in [2.45, 2.75) is 59.4 Å². The fraction of sp³-hybridized carbons (Fsp3) is 0.870. The molecule has 0 aliphatic heterocycles. The van der Waals surface area contributed by atoms with E-state index in [-0.39, 0.29) is 64.6 Å². The maximum atomic E-state index is 12.4. The monoisotopic (exact) mass is 635 g/mol. The smallest absolute Gasteiger partial charge is 0.377 e. The van der Waals surface area contributed by atoms with E-state index in [1.807, 2.05) is 0 Å². The molecule has 5 N–H and O–H groups in total. The van der Waals surface area contributed by atoms with Crippen LogP contribution >= 0.6 is 15.6 Å². The van der Waals surface area contributed by atoms with Crippen molar-refractivity contribution in [2.24, 2.45) is 5.41 Å². The van der Waals surface area contributed by atoms with Gasteiger partial charge in [-0.1, -0.05) is 33.6 Å². The number of carbonyl (C=O) groups excluding carboxylic acids is 3. The summed E-state index contributed by atoms with van der Waals surface area (Å²) in [6.45, 7) is 7.01. The van der Waals surface area contributed by atoms with Crippen LogP contribution in [0.1, 0.15) is 53.4 Å². The van der Waals surface area contributed by atoms with Gasteiger partial charge < -0.3 is 35.2 Å². The molecule has 2 unspecified atom stereocenters. The first-order valence-corrected chi connectivity index (χ1v) is 16.2. The van der Waals surface area contributed by atoms with Crippen molar-refractivity contribution in [2.75, 3.05) is 66.4 Å². The zero-order chi connectivity index (χ0) is 31.4. The van der Waals surface area contributed by atoms with Crippen LogP contribution in [-0.4, -0.2) is 100.0 Å². The molecule has 0 aromatic heterocycles. The largest absolute Gasteiger partial charge is 0.472 e. The highest BCUT2D eigenvalue weighted by Crippen LogP contribution is 2.43. The summed E-state index contributed by atoms with van der Waals surface area (Å²) in [7, 11) is -7.18. The quantitative estimate of drug-likeness (QED) is 0.0746. The maximum Gasteiger partial charge on any atom is 0.472 e. The van der Waals surface area contributed by atoms with Crippen LogP contribution in [0.4, 0.5) is 0 Å². The number of unbranched alkanes of at least 4 members (excludes halogenated alkanes) is 3. The maximum absolute atomic E-state index is 12.4. The van der Waals surface area contributed by atoms with Crippen molar-refractivity contribution in [1.82, 2.24) is 16.0 Å². The van der Waals surface area contributed by atoms with E-state index < -0.39 is 33.0 Å². The van der Waals surface area contributed by atoms with Crippen LogP contribution < -0.4 is 16.0 Å². The molecule has 3 amide bonds. The Kier molecular flexibility index (Phi) is 20.5. The summed E-state index contributed by atoms with van der Waals surface area (Å²) in [5.74, 6) is -1.02. The number of carbonyl (C=O) groups is 3. The van der Waals surface area contributed by atoms with Crippen molar-refractivity contribution in [1.29, 1.82) is 0 Å². The Morgan fingerprint density at radius 2 is 1.27 bits per heavy atom. The van der Waals surface area contributed by atoms with E-state index >= 15 is 0 Å². The van der Waals surface area contributed by atoms with Crippen LogP contribution in [0.2, 0.25) is 0 Å². The molecular formula is C23H47N3O13P2. The van der Waals surface area contributed by atoms with E-state index in [0.717, 1.165) is 13.5 Å². The van der Waals surface area contributed by atoms with Crippen LogP contribution in [0.5, 0.6) is 0 Å². The zero-order valence-electron chi connectivity index (χ0n) is 24.5. The lowest BCUT2D eigenvalue weighted by molar-refractivity contribution is -0.130. The van der Waals surface area contributed by atoms with Gasteiger partial charge in [-0.15, -0.1) is 0 Å². The molecule has 0 spiro atoms. The fourth-order valence-electron chi connectivity index (χ4n) is 2.84. The summed E-state index contributed by atoms with van der Waals surface area (Å²) in [4.78, 5) is 54.6. The van der Waals surface area contributed by atoms with Gasteiger partial charge in [-0.2, -0.15) is 0 Å². The number of ether oxygens (including phenoxy) is 2. The Morgan fingerprint density at radius 1 is 0.756 bits per heavy atom. The van der Waals surface area contributed by atoms with Gasteiger partial charge in [-0.05, 0) is 12.8 Å². The van der Waals surface area contributed by atoms with E-state index in [9.17, 15) is 28.4 Å². The minimum absolute atomic E-state index is 0.0127. The molecule has 242 valence electrons. The van der Waals surface area contributed by atoms with Crippen LogP contribution in [0.25, 0.3) is 0 Å². The molecule has 3 atom stereocenters. The fourth-order valence-corrected chi connectivity index (χ4v) is 4.00. The van der Waals surface area contributed by atoms with Crippen LogP contribution in [-0.2, 0) is 51.1 Å². The first-order valence-electron chi connectivity index (χ1n) is 13.2. The van der Waals surface area contributed by atoms with Gasteiger partial charge in [0.25, 0.3) is 0 Å². The van der Waals surface area contributed by atoms with Gasteiger partial charge in [0.15, 0.2) is 0 Å². The second kappa shape index (κ2) is 21.3. The predicted octanol–water partition coefficient (Wildman–Crippen LogP) is 1.26. The van der Waals surface area contributed by atoms with Crippen molar-refractivity contribution in [3.63, 3.8) is 0 Å². The molecule has 0 fully saturated rings. The standard InChI is InChI=1S/C23H47N3O13P2/c1-19(27)26-20(18-25-22(29)23(2,3)4)21(28)24-10-8-6-7-9-11-37-41(32,33)39-17-15-36-13-12-35-14-16-38-40(30,31)34-5/h20H,6-18H2,1-5H3,(H,24,28)(H,25,29)(H,26,27)(H,30,31)(H,32,33)/t20-/m0/s1. The summed E-state index contributed by atoms with van der Waals surface area (Å²) in [6.07, 6.45) is 2.55. The number of phosphoric acid groups is 2. The summed E-state index contributed by atoms with van der Waals surface area (Å²) >= 11 is 0. The first-order chi connectivity index (χ1) is 19.1. The predicted molar refractivity (Wildman–Crippen MR) is 148 cm³/mol. The minimum Gasteiger partial charge on any atom is -0.377 e. The second-order valence-electron chi connectivity index (χ2n) is 9.76. The van der Waals surface area contributed by atoms with Gasteiger partial charge in [0, 0.05) is 32.5 Å². The van der Waals surface area contributed by atoms with Crippen molar-refractivity contribution >= 4 is 33.4 Å². The number of hydrogen-bond donors (Lipinski definition) is 5. The highest BCUT2D eigenvalue weighted by atomic mass is 31.2. The Hall–Kier alpha value is -1.45. The molecule has 0 aliphatic rings. The van der Waals surface area contributed by atoms with Crippen LogP contribution in [0.15, 0.2) is 0 Å². The average molecular weight is 636 g/mol. The Balaban J connectivity index is 3.88. The van der Waals surface area contributed by atoms with Gasteiger partial charge >= 0.3 is 15.6 Å². The lowest BCUT2D eigenvalue weighted by Crippen LogP contribution is -2.53. The highest BCUT2D eigenvalue weighted by molar-refractivity contribution is 7.47. The first kappa shape index (κ1) is 39.5. The summed E-state index contributed by atoms with van der Waals surface area (Å²) in [5.41, 5.74) is -0.623. The van der Waals surface area contributed by atoms with E-state index in [4.69, 9.17) is 23.4 Å². The van der Waals surface area contributed by atoms with E-state index in [1.165, 1.54) is 6.92 Å². The third kappa shape index (κ3) is 22.8. The highest BCUT2D eigenvalue weighted by Gasteiger charge is 2.25. The molecule has 16 nitrogen and oxygen atoms in total. The molecule has 41 heavy (non-hydrogen) atoms. The van der Waals surface area contributed by atoms with E-state index in [1.54, 1.807) is 20.8 Å². The molecular weight excluding hydrogens is 588 g/mol. The second-order valence-corrected chi connectivity index (χ2v) is 12.8. The zero-order valence-corrected chi connectivity index (χ0v) is 26.3. The normalized spacial score (nSPS) is 15.4. The molecule has 0 saturated carbocycles. The van der Waals surface area contributed by atoms with Crippen LogP contribution in [0.3, 0.4) is 0 Å². The molecule has 0 rings (SSSR count). The molecule has 0 radical (unpaired) electrons. The number of nitrogens with one attached hydrogen (secondary N) is 3. The lowest BCUT2D eigenvalue weighted by Gasteiger charge is -2.22. The topological polar surface area (TPSA) is 217 Å². The van der Waals surface area contributed by atoms with Gasteiger partial charge in [0.2, 0.25) is 17.7 Å². The van der Waals surface area contributed by atoms with Crippen LogP contribution in [0, 0.1) is 5.41 Å². The molecule has 0 aliphatic carbocycles. The molecule has 0 aromatic carbocycles. The average Bonchev–Trinajstić information content (AvgIpc) is 2.87. The molecule has 0 aromatic rings. The van der Waals surface area contributed by atoms with Crippen molar-refractivity contribution < 1.29 is 60.9 Å². The molecule has 0 bridgehead atoms. The van der Waals surface area contributed by atoms with Gasteiger partial charge in [-0.25, -0.2) is 9.13 Å². The minimum atomic E-state index is -4.22. The molecule has 18 heteroatoms. The van der Waals surface area contributed by atoms with Gasteiger partial charge in [0.1, 0.15) is 6.04 Å². The van der Waals surface area contributed by atoms with Gasteiger partial charge in [0.05, 0.1) is 46.2 Å². The Bertz CT molecular complexity index is 870. The third-order valence-electron chi connectivity index (χ3n) is 5.03. The summed E-state index contributed by atoms with van der Waals surface area (Å²) < 4.78 is 51.8. The summed E-state index contributed by atoms with van der Waals surface area (Å²) in [5, 5.41) is 7.93. The van der Waals surface area contributed by atoms with E-state index in [0.29, 0.717) is 25.8 Å². The Morgan fingerprint density at radius 3 is 1.80 bits per heavy atom. The van der Waals surface area contributed by atoms with Crippen molar-refractivity contribution in [3.05, 3.63) is 0 Å².